The number of halogens is 2. The first kappa shape index (κ1) is 11.1. The van der Waals surface area contributed by atoms with Crippen molar-refractivity contribution in [3.05, 3.63) is 35.3 Å². The second kappa shape index (κ2) is 10.5. The Kier molecular flexibility index (Phi) is 3.24. The quantitative estimate of drug-likeness (QED) is 0.223. The van der Waals surface area contributed by atoms with Gasteiger partial charge in [-0.3, -0.25) is 0 Å². The van der Waals surface area contributed by atoms with Crippen LogP contribution in [0.1, 0.15) is 69.6 Å². The molecule has 13 heteroatoms. The van der Waals surface area contributed by atoms with Crippen LogP contribution >= 0.6 is 11.8 Å². The van der Waals surface area contributed by atoms with Crippen LogP contribution in [0.2, 0.25) is 0 Å². The van der Waals surface area contributed by atoms with E-state index in [1.807, 2.05) is 0 Å². The summed E-state index contributed by atoms with van der Waals surface area (Å²) in [5.41, 5.74) is -5.91. The molecule has 36 heavy (non-hydrogen) atoms. The summed E-state index contributed by atoms with van der Waals surface area (Å²) < 4.78 is 187. The van der Waals surface area contributed by atoms with Gasteiger partial charge in [-0.05, 0) is 30.4 Å². The van der Waals surface area contributed by atoms with Crippen molar-refractivity contribution in [2.75, 3.05) is 24.2 Å². The third-order valence-corrected chi connectivity index (χ3v) is 5.49. The zero-order valence-corrected chi connectivity index (χ0v) is 18.5. The molecule has 10 nitrogen and oxygen atoms in total. The van der Waals surface area contributed by atoms with Crippen molar-refractivity contribution in [3.63, 3.8) is 0 Å². The number of nitrogens with zero attached hydrogens (tertiary/aromatic N) is 5. The van der Waals surface area contributed by atoms with Crippen molar-refractivity contribution in [3.8, 4) is 0 Å². The molecule has 2 aromatic heterocycles. The van der Waals surface area contributed by atoms with Crippen molar-refractivity contribution in [2.24, 2.45) is 0 Å². The summed E-state index contributed by atoms with van der Waals surface area (Å²) in [6, 6.07) is -9.54. The number of aliphatic hydroxyl groups is 3. The normalized spacial score (nSPS) is 48.5. The van der Waals surface area contributed by atoms with E-state index in [2.05, 4.69) is 25.6 Å². The number of benzene rings is 1. The minimum Gasteiger partial charge on any atom is -0.394 e. The third-order valence-electron chi connectivity index (χ3n) is 4.92. The van der Waals surface area contributed by atoms with E-state index >= 15 is 0 Å². The van der Waals surface area contributed by atoms with Crippen LogP contribution in [-0.4, -0.2) is 83.4 Å². The molecule has 2 heterocycles. The summed E-state index contributed by atoms with van der Waals surface area (Å²) in [7, 11) is 0. The predicted molar refractivity (Wildman–Crippen MR) is 128 cm³/mol. The van der Waals surface area contributed by atoms with Crippen molar-refractivity contribution in [1.82, 2.24) is 25.0 Å². The standard InChI is InChI=1S/C23H28F2N6O4S/c1-2-7-36-23-27-21(26-15-9-12(15)11-3-4-13(24)14(25)8-11)18-22(28-23)31(30-29-18)16-10-17(35-6-5-32)20(34)19(16)33/h3-4,8,12,15-17,19-20,32-34H,2,5-7,9-10H2,1H3,(H,26,27,28)/t12?,15-,16+,17-,19-,20+/m0/s1/i1D3,2D2,3D,4D,5D2,7D2,8D,10D2,15D,16D,17D,19D,20D. The number of rotatable bonds is 10. The Morgan fingerprint density at radius 3 is 3.03 bits per heavy atom. The Labute approximate surface area is 236 Å². The van der Waals surface area contributed by atoms with Gasteiger partial charge in [-0.15, -0.1) is 5.10 Å². The average molecular weight is 542 g/mol. The molecule has 2 aliphatic carbocycles. The molecular weight excluding hydrogens is 494 g/mol. The lowest BCUT2D eigenvalue weighted by molar-refractivity contribution is -0.0629. The molecule has 6 atom stereocenters. The fraction of sp³-hybridized carbons (Fsp3) is 0.565. The van der Waals surface area contributed by atoms with E-state index in [1.165, 1.54) is 0 Å². The van der Waals surface area contributed by atoms with Crippen LogP contribution < -0.4 is 5.32 Å². The van der Waals surface area contributed by atoms with Crippen LogP contribution in [0.25, 0.3) is 11.2 Å². The summed E-state index contributed by atoms with van der Waals surface area (Å²) >= 11 is -0.326. The number of hydrogen-bond acceptors (Lipinski definition) is 10. The van der Waals surface area contributed by atoms with Crippen LogP contribution in [0.3, 0.4) is 0 Å². The number of aromatic nitrogens is 5. The summed E-state index contributed by atoms with van der Waals surface area (Å²) in [5.74, 6) is -5.74. The lowest BCUT2D eigenvalue weighted by atomic mass is 10.1. The molecule has 2 saturated carbocycles. The molecule has 194 valence electrons. The van der Waals surface area contributed by atoms with E-state index in [0.717, 1.165) is 0 Å². The molecule has 1 unspecified atom stereocenters. The molecule has 2 aliphatic rings. The van der Waals surface area contributed by atoms with Gasteiger partial charge in [0.1, 0.15) is 12.2 Å². The van der Waals surface area contributed by atoms with Crippen molar-refractivity contribution in [2.45, 2.75) is 67.4 Å². The average Bonchev–Trinajstić information content (AvgIpc) is 3.46. The largest absolute Gasteiger partial charge is 0.394 e. The van der Waals surface area contributed by atoms with Gasteiger partial charge in [-0.2, -0.15) is 0 Å². The second-order valence-corrected chi connectivity index (χ2v) is 7.90. The lowest BCUT2D eigenvalue weighted by Crippen LogP contribution is -2.33. The Bertz CT molecular complexity index is 2040. The molecule has 0 saturated heterocycles. The van der Waals surface area contributed by atoms with Gasteiger partial charge >= 0.3 is 0 Å². The molecule has 3 aromatic rings. The van der Waals surface area contributed by atoms with Gasteiger partial charge in [-0.1, -0.05) is 29.9 Å². The van der Waals surface area contributed by atoms with Gasteiger partial charge in [0, 0.05) is 36.4 Å². The first-order valence-electron chi connectivity index (χ1n) is 19.4. The van der Waals surface area contributed by atoms with Gasteiger partial charge in [0.05, 0.1) is 39.0 Å². The van der Waals surface area contributed by atoms with Gasteiger partial charge in [0.25, 0.3) is 0 Å². The fourth-order valence-corrected chi connectivity index (χ4v) is 3.65. The molecule has 4 N–H and O–H groups in total. The van der Waals surface area contributed by atoms with Crippen LogP contribution in [0.15, 0.2) is 23.3 Å². The molecule has 0 spiro atoms. The minimum atomic E-state index is -4.29. The van der Waals surface area contributed by atoms with E-state index in [4.69, 9.17) is 30.8 Å². The number of hydrogen-bond donors (Lipinski definition) is 4. The lowest BCUT2D eigenvalue weighted by Gasteiger charge is -2.17. The van der Waals surface area contributed by atoms with Gasteiger partial charge in [-0.25, -0.2) is 23.4 Å². The van der Waals surface area contributed by atoms with Crippen molar-refractivity contribution in [1.29, 1.82) is 0 Å². The van der Waals surface area contributed by atoms with Gasteiger partial charge in [0.15, 0.2) is 33.8 Å². The zero-order chi connectivity index (χ0) is 42.3. The predicted octanol–water partition coefficient (Wildman–Crippen LogP) is 2.01. The third kappa shape index (κ3) is 4.90. The molecule has 5 rings (SSSR count). The number of anilines is 1. The van der Waals surface area contributed by atoms with Crippen LogP contribution in [-0.2, 0) is 4.74 Å². The maximum absolute atomic E-state index is 14.5. The first-order valence-corrected chi connectivity index (χ1v) is 10.7. The molecule has 2 fully saturated rings. The van der Waals surface area contributed by atoms with Crippen LogP contribution in [0, 0.1) is 11.6 Å². The maximum atomic E-state index is 14.5. The Balaban J connectivity index is 1.73. The first-order chi connectivity index (χ1) is 24.5. The van der Waals surface area contributed by atoms with E-state index in [-0.39, 0.29) is 16.4 Å². The summed E-state index contributed by atoms with van der Waals surface area (Å²) in [5, 5.41) is 40.4. The van der Waals surface area contributed by atoms with E-state index < -0.39 is 139 Å². The smallest absolute Gasteiger partial charge is 0.191 e. The Morgan fingerprint density at radius 2 is 2.22 bits per heavy atom. The van der Waals surface area contributed by atoms with Gasteiger partial charge < -0.3 is 25.4 Å². The van der Waals surface area contributed by atoms with Crippen molar-refractivity contribution >= 4 is 28.7 Å². The van der Waals surface area contributed by atoms with Crippen LogP contribution in [0.5, 0.6) is 0 Å². The fourth-order valence-electron chi connectivity index (χ4n) is 3.24. The molecule has 0 amide bonds. The summed E-state index contributed by atoms with van der Waals surface area (Å²) in [6.07, 6.45) is -20.8. The van der Waals surface area contributed by atoms with Crippen molar-refractivity contribution < 1.29 is 54.9 Å². The summed E-state index contributed by atoms with van der Waals surface area (Å²) in [4.78, 5) is 7.81. The number of ether oxygens (including phenoxy) is 1. The highest BCUT2D eigenvalue weighted by Crippen LogP contribution is 2.44. The molecule has 0 aliphatic heterocycles. The highest BCUT2D eigenvalue weighted by molar-refractivity contribution is 7.99. The Hall–Kier alpha value is -2.45. The van der Waals surface area contributed by atoms with E-state index in [0.29, 0.717) is 0 Å². The highest BCUT2D eigenvalue weighted by atomic mass is 32.2. The van der Waals surface area contributed by atoms with E-state index in [9.17, 15) is 24.1 Å². The second-order valence-electron chi connectivity index (χ2n) is 7.13. The van der Waals surface area contributed by atoms with E-state index in [1.54, 1.807) is 0 Å². The summed E-state index contributed by atoms with van der Waals surface area (Å²) in [6.45, 7) is -8.64. The number of nitrogens with one attached hydrogen (secondary N) is 1. The maximum Gasteiger partial charge on any atom is 0.191 e. The van der Waals surface area contributed by atoms with Gasteiger partial charge in [0.2, 0.25) is 0 Å². The molecule has 0 radical (unpaired) electrons. The minimum absolute atomic E-state index is 0.0977. The highest BCUT2D eigenvalue weighted by Gasteiger charge is 2.45. The molecular formula is C23H28F2N6O4S. The number of thioether (sulfide) groups is 1. The SMILES string of the molecule is [2H]c1c([2H])c(C2C[C@]2([2H])Nc2nc(SC([2H])([2H])C([2H])([2H])C([2H])([2H])[2H])nc3c2nnn3[C@]2([2H])C([2H])([2H])[C@]([2H])(OCC([2H])([2H])O)[C@@]([2H])(O)[C@@]2([2H])O)c([2H])c(F)c1F. The van der Waals surface area contributed by atoms with Crippen LogP contribution in [0.4, 0.5) is 14.6 Å². The zero-order valence-electron chi connectivity index (χ0n) is 36.6. The monoisotopic (exact) mass is 541 g/mol. The molecule has 1 aromatic carbocycles. The number of fused-ring (bicyclic) bond motifs is 1. The molecule has 0 bridgehead atoms. The topological polar surface area (TPSA) is 138 Å². The Morgan fingerprint density at radius 1 is 1.36 bits per heavy atom.